The molecule has 0 spiro atoms. The summed E-state index contributed by atoms with van der Waals surface area (Å²) in [6.45, 7) is 0. The molecule has 0 aliphatic rings. The van der Waals surface area contributed by atoms with E-state index >= 15 is 0 Å². The van der Waals surface area contributed by atoms with Crippen LogP contribution in [0.25, 0.3) is 0 Å². The number of nitrogens with one attached hydrogen (secondary N) is 3. The maximum atomic E-state index is 12.6. The molecule has 0 bridgehead atoms. The van der Waals surface area contributed by atoms with Gasteiger partial charge in [0.15, 0.2) is 10.9 Å². The molecule has 4 N–H and O–H groups in total. The number of rotatable bonds is 8. The molecule has 3 aromatic rings. The monoisotopic (exact) mass is 496 g/mol. The average Bonchev–Trinajstić information content (AvgIpc) is 2.75. The number of hydrogen-bond acceptors (Lipinski definition) is 6. The molecule has 1 heterocycles. The molecule has 0 radical (unpaired) electrons. The third-order valence-corrected chi connectivity index (χ3v) is 6.79. The second-order valence-electron chi connectivity index (χ2n) is 6.30. The Kier molecular flexibility index (Phi) is 7.49. The minimum atomic E-state index is -4.43. The van der Waals surface area contributed by atoms with Crippen LogP contribution in [0.1, 0.15) is 0 Å². The van der Waals surface area contributed by atoms with Crippen molar-refractivity contribution in [3.8, 4) is 5.75 Å². The highest BCUT2D eigenvalue weighted by molar-refractivity contribution is 7.89. The summed E-state index contributed by atoms with van der Waals surface area (Å²) in [5.74, 6) is -0.158. The highest BCUT2D eigenvalue weighted by atomic mass is 35.5. The summed E-state index contributed by atoms with van der Waals surface area (Å²) in [4.78, 5) is 25.6. The van der Waals surface area contributed by atoms with E-state index in [0.29, 0.717) is 5.69 Å². The van der Waals surface area contributed by atoms with E-state index in [1.54, 1.807) is 30.3 Å². The van der Waals surface area contributed by atoms with Gasteiger partial charge in [0.1, 0.15) is 6.29 Å². The standard InChI is InChI=1S/C19H18ClN4O6PS/c20-18-17(10-5-11-21-18)30-31(26,27)13-22-32(28,29)16-9-4-8-15(12-16)24-19(25)23-14-6-2-1-3-7-14/h1-12,22H,13H2,(H,26,27)(H2,23,24,25). The second kappa shape index (κ2) is 10.1. The molecular formula is C19H18ClN4O6PS. The number of urea groups is 1. The molecule has 1 atom stereocenters. The van der Waals surface area contributed by atoms with Crippen LogP contribution in [0.3, 0.4) is 0 Å². The number of halogens is 1. The first-order chi connectivity index (χ1) is 15.1. The fourth-order valence-electron chi connectivity index (χ4n) is 2.43. The molecule has 0 fully saturated rings. The van der Waals surface area contributed by atoms with Gasteiger partial charge in [0.05, 0.1) is 4.90 Å². The highest BCUT2D eigenvalue weighted by Gasteiger charge is 2.26. The molecule has 0 aliphatic heterocycles. The van der Waals surface area contributed by atoms with Crippen LogP contribution >= 0.6 is 19.2 Å². The third-order valence-electron chi connectivity index (χ3n) is 3.85. The van der Waals surface area contributed by atoms with Crippen molar-refractivity contribution in [1.29, 1.82) is 0 Å². The number of pyridine rings is 1. The summed E-state index contributed by atoms with van der Waals surface area (Å²) in [6, 6.07) is 16.3. The normalized spacial score (nSPS) is 13.1. The summed E-state index contributed by atoms with van der Waals surface area (Å²) in [6.07, 6.45) is 0.452. The van der Waals surface area contributed by atoms with Gasteiger partial charge in [-0.2, -0.15) is 4.72 Å². The molecule has 3 rings (SSSR count). The fourth-order valence-corrected chi connectivity index (χ4v) is 5.20. The lowest BCUT2D eigenvalue weighted by Gasteiger charge is -2.15. The molecule has 32 heavy (non-hydrogen) atoms. The Morgan fingerprint density at radius 1 is 1.03 bits per heavy atom. The molecule has 10 nitrogen and oxygen atoms in total. The lowest BCUT2D eigenvalue weighted by atomic mass is 10.3. The predicted octanol–water partition coefficient (Wildman–Crippen LogP) is 3.88. The van der Waals surface area contributed by atoms with Crippen molar-refractivity contribution in [2.24, 2.45) is 0 Å². The Morgan fingerprint density at radius 3 is 2.44 bits per heavy atom. The van der Waals surface area contributed by atoms with E-state index in [-0.39, 0.29) is 21.5 Å². The van der Waals surface area contributed by atoms with Crippen molar-refractivity contribution in [1.82, 2.24) is 9.71 Å². The number of aromatic nitrogens is 1. The van der Waals surface area contributed by atoms with E-state index in [9.17, 15) is 22.7 Å². The maximum absolute atomic E-state index is 12.6. The van der Waals surface area contributed by atoms with E-state index in [1.165, 1.54) is 42.6 Å². The number of carbonyl (C=O) groups excluding carboxylic acids is 1. The quantitative estimate of drug-likeness (QED) is 0.273. The molecule has 168 valence electrons. The van der Waals surface area contributed by atoms with Crippen molar-refractivity contribution in [2.75, 3.05) is 16.9 Å². The Morgan fingerprint density at radius 2 is 1.72 bits per heavy atom. The minimum Gasteiger partial charge on any atom is -0.420 e. The zero-order valence-corrected chi connectivity index (χ0v) is 18.8. The van der Waals surface area contributed by atoms with Gasteiger partial charge in [-0.25, -0.2) is 22.8 Å². The first-order valence-electron chi connectivity index (χ1n) is 8.99. The zero-order valence-electron chi connectivity index (χ0n) is 16.3. The van der Waals surface area contributed by atoms with Crippen molar-refractivity contribution in [3.05, 3.63) is 78.1 Å². The van der Waals surface area contributed by atoms with Crippen LogP contribution < -0.4 is 19.9 Å². The van der Waals surface area contributed by atoms with E-state index in [4.69, 9.17) is 16.1 Å². The van der Waals surface area contributed by atoms with Crippen LogP contribution in [-0.2, 0) is 14.6 Å². The van der Waals surface area contributed by atoms with Gasteiger partial charge in [-0.05, 0) is 42.5 Å². The van der Waals surface area contributed by atoms with Crippen LogP contribution in [0.5, 0.6) is 5.75 Å². The molecule has 1 aromatic heterocycles. The first-order valence-corrected chi connectivity index (χ1v) is 12.6. The van der Waals surface area contributed by atoms with Crippen molar-refractivity contribution in [3.63, 3.8) is 0 Å². The third kappa shape index (κ3) is 6.78. The van der Waals surface area contributed by atoms with Crippen molar-refractivity contribution in [2.45, 2.75) is 4.90 Å². The number of sulfonamides is 1. The maximum Gasteiger partial charge on any atom is 0.391 e. The molecule has 2 amide bonds. The highest BCUT2D eigenvalue weighted by Crippen LogP contribution is 2.43. The molecule has 0 saturated carbocycles. The summed E-state index contributed by atoms with van der Waals surface area (Å²) in [5, 5.41) is 4.98. The van der Waals surface area contributed by atoms with Crippen LogP contribution in [-0.4, -0.2) is 30.6 Å². The zero-order chi connectivity index (χ0) is 23.2. The van der Waals surface area contributed by atoms with Gasteiger partial charge in [-0.3, -0.25) is 0 Å². The largest absolute Gasteiger partial charge is 0.420 e. The number of benzene rings is 2. The molecule has 0 aliphatic carbocycles. The van der Waals surface area contributed by atoms with Crippen LogP contribution in [0.4, 0.5) is 16.2 Å². The SMILES string of the molecule is O=C(Nc1ccccc1)Nc1cccc(S(=O)(=O)NCP(=O)(O)Oc2cccnc2Cl)c1. The average molecular weight is 497 g/mol. The number of anilines is 2. The topological polar surface area (TPSA) is 147 Å². The number of amides is 2. The van der Waals surface area contributed by atoms with Gasteiger partial charge >= 0.3 is 13.6 Å². The predicted molar refractivity (Wildman–Crippen MR) is 120 cm³/mol. The number of hydrogen-bond donors (Lipinski definition) is 4. The Hall–Kier alpha value is -2.95. The van der Waals surface area contributed by atoms with E-state index in [1.807, 2.05) is 4.72 Å². The van der Waals surface area contributed by atoms with Crippen LogP contribution in [0, 0.1) is 0 Å². The summed E-state index contributed by atoms with van der Waals surface area (Å²) < 4.78 is 44.3. The first kappa shape index (κ1) is 23.7. The summed E-state index contributed by atoms with van der Waals surface area (Å²) in [7, 11) is -8.62. The lowest BCUT2D eigenvalue weighted by molar-refractivity contribution is 0.262. The number of para-hydroxylation sites is 1. The van der Waals surface area contributed by atoms with Gasteiger partial charge in [0, 0.05) is 17.6 Å². The van der Waals surface area contributed by atoms with E-state index in [2.05, 4.69) is 15.6 Å². The van der Waals surface area contributed by atoms with Gasteiger partial charge in [0.2, 0.25) is 10.0 Å². The smallest absolute Gasteiger partial charge is 0.391 e. The Bertz CT molecular complexity index is 1260. The summed E-state index contributed by atoms with van der Waals surface area (Å²) in [5.41, 5.74) is 0.759. The van der Waals surface area contributed by atoms with E-state index < -0.39 is 29.9 Å². The molecule has 13 heteroatoms. The Labute approximate surface area is 189 Å². The van der Waals surface area contributed by atoms with Gasteiger partial charge in [0.25, 0.3) is 0 Å². The number of carbonyl (C=O) groups is 1. The van der Waals surface area contributed by atoms with Gasteiger partial charge in [-0.15, -0.1) is 0 Å². The minimum absolute atomic E-state index is 0.141. The molecular weight excluding hydrogens is 479 g/mol. The molecule has 0 saturated heterocycles. The number of nitrogens with zero attached hydrogens (tertiary/aromatic N) is 1. The van der Waals surface area contributed by atoms with Crippen molar-refractivity contribution < 1.29 is 27.2 Å². The van der Waals surface area contributed by atoms with Crippen LogP contribution in [0.2, 0.25) is 5.15 Å². The van der Waals surface area contributed by atoms with Gasteiger partial charge < -0.3 is 20.1 Å². The summed E-state index contributed by atoms with van der Waals surface area (Å²) >= 11 is 5.78. The van der Waals surface area contributed by atoms with Crippen molar-refractivity contribution >= 4 is 46.6 Å². The van der Waals surface area contributed by atoms with E-state index in [0.717, 1.165) is 0 Å². The molecule has 2 aromatic carbocycles. The van der Waals surface area contributed by atoms with Gasteiger partial charge in [-0.1, -0.05) is 35.9 Å². The Balaban J connectivity index is 1.64. The molecule has 1 unspecified atom stereocenters. The second-order valence-corrected chi connectivity index (χ2v) is 10.2. The van der Waals surface area contributed by atoms with Crippen LogP contribution in [0.15, 0.2) is 77.8 Å². The lowest BCUT2D eigenvalue weighted by Crippen LogP contribution is -2.26. The fraction of sp³-hybridized carbons (Fsp3) is 0.0526.